The van der Waals surface area contributed by atoms with Gasteiger partial charge in [0.05, 0.1) is 24.2 Å². The number of nitrogens with zero attached hydrogens (tertiary/aromatic N) is 4. The summed E-state index contributed by atoms with van der Waals surface area (Å²) in [7, 11) is 1.34. The summed E-state index contributed by atoms with van der Waals surface area (Å²) in [5.41, 5.74) is 4.41. The van der Waals surface area contributed by atoms with Crippen LogP contribution in [-0.4, -0.2) is 39.6 Å². The first kappa shape index (κ1) is 27.8. The fourth-order valence-corrected chi connectivity index (χ4v) is 5.79. The van der Waals surface area contributed by atoms with Gasteiger partial charge in [-0.15, -0.1) is 0 Å². The third-order valence-electron chi connectivity index (χ3n) is 7.53. The molecular formula is C31H33BrN4O4. The van der Waals surface area contributed by atoms with Crippen LogP contribution in [-0.2, 0) is 9.53 Å². The van der Waals surface area contributed by atoms with E-state index in [0.29, 0.717) is 16.7 Å². The molecule has 4 aromatic rings. The van der Waals surface area contributed by atoms with Crippen molar-refractivity contribution >= 4 is 39.0 Å². The van der Waals surface area contributed by atoms with Gasteiger partial charge in [-0.2, -0.15) is 9.78 Å². The Balaban J connectivity index is 1.49. The van der Waals surface area contributed by atoms with Crippen LogP contribution in [0.5, 0.6) is 5.75 Å². The lowest BCUT2D eigenvalue weighted by Gasteiger charge is -2.22. The van der Waals surface area contributed by atoms with E-state index in [2.05, 4.69) is 26.6 Å². The van der Waals surface area contributed by atoms with Crippen molar-refractivity contribution in [3.63, 3.8) is 0 Å². The van der Waals surface area contributed by atoms with Crippen molar-refractivity contribution < 1.29 is 14.3 Å². The third kappa shape index (κ3) is 5.61. The molecule has 1 saturated carbocycles. The van der Waals surface area contributed by atoms with E-state index in [1.165, 1.54) is 18.2 Å². The first-order chi connectivity index (χ1) is 19.3. The summed E-state index contributed by atoms with van der Waals surface area (Å²) >= 11 is 3.48. The van der Waals surface area contributed by atoms with Gasteiger partial charge in [-0.25, -0.2) is 9.78 Å². The Hall–Kier alpha value is -3.72. The molecule has 208 valence electrons. The molecule has 0 aliphatic heterocycles. The first-order valence-electron chi connectivity index (χ1n) is 13.6. The summed E-state index contributed by atoms with van der Waals surface area (Å²) in [6.07, 6.45) is 6.57. The Morgan fingerprint density at radius 3 is 2.52 bits per heavy atom. The zero-order valence-corrected chi connectivity index (χ0v) is 24.8. The predicted molar refractivity (Wildman–Crippen MR) is 160 cm³/mol. The molecule has 0 spiro atoms. The average molecular weight is 606 g/mol. The number of benzene rings is 2. The van der Waals surface area contributed by atoms with Crippen LogP contribution in [0.1, 0.15) is 67.7 Å². The molecule has 9 heteroatoms. The van der Waals surface area contributed by atoms with Crippen LogP contribution in [0.3, 0.4) is 0 Å². The number of hydrogen-bond acceptors (Lipinski definition) is 6. The van der Waals surface area contributed by atoms with Gasteiger partial charge in [0, 0.05) is 33.0 Å². The van der Waals surface area contributed by atoms with Crippen molar-refractivity contribution in [1.82, 2.24) is 14.2 Å². The van der Waals surface area contributed by atoms with Gasteiger partial charge in [0.2, 0.25) is 0 Å². The Kier molecular flexibility index (Phi) is 8.21. The Labute approximate surface area is 241 Å². The summed E-state index contributed by atoms with van der Waals surface area (Å²) < 4.78 is 14.9. The van der Waals surface area contributed by atoms with Gasteiger partial charge in [0.15, 0.2) is 6.10 Å². The number of fused-ring (bicyclic) bond motifs is 1. The number of esters is 1. The van der Waals surface area contributed by atoms with E-state index < -0.39 is 12.1 Å². The molecule has 0 radical (unpaired) electrons. The van der Waals surface area contributed by atoms with Crippen LogP contribution < -0.4 is 10.3 Å². The molecule has 0 bridgehead atoms. The second kappa shape index (κ2) is 11.8. The molecule has 40 heavy (non-hydrogen) atoms. The van der Waals surface area contributed by atoms with Crippen molar-refractivity contribution in [2.45, 2.75) is 64.9 Å². The maximum Gasteiger partial charge on any atom is 0.346 e. The van der Waals surface area contributed by atoms with Crippen LogP contribution in [0.15, 0.2) is 62.9 Å². The highest BCUT2D eigenvalue weighted by molar-refractivity contribution is 9.10. The molecule has 2 heterocycles. The summed E-state index contributed by atoms with van der Waals surface area (Å²) in [5, 5.41) is 5.28. The van der Waals surface area contributed by atoms with E-state index in [1.807, 2.05) is 56.3 Å². The minimum atomic E-state index is -0.693. The molecule has 1 aliphatic carbocycles. The number of rotatable bonds is 7. The molecule has 0 unspecified atom stereocenters. The van der Waals surface area contributed by atoms with Crippen molar-refractivity contribution in [1.29, 1.82) is 0 Å². The molecule has 1 atom stereocenters. The number of halogens is 1. The lowest BCUT2D eigenvalue weighted by Crippen LogP contribution is -2.25. The number of methoxy groups -OCH3 is 1. The smallest absolute Gasteiger partial charge is 0.346 e. The second-order valence-electron chi connectivity index (χ2n) is 10.3. The monoisotopic (exact) mass is 604 g/mol. The van der Waals surface area contributed by atoms with E-state index in [-0.39, 0.29) is 11.5 Å². The maximum absolute atomic E-state index is 13.7. The summed E-state index contributed by atoms with van der Waals surface area (Å²) in [5.74, 6) is 1.10. The van der Waals surface area contributed by atoms with Gasteiger partial charge in [-0.05, 0) is 82.1 Å². The number of aromatic nitrogens is 3. The van der Waals surface area contributed by atoms with Crippen LogP contribution in [0.25, 0.3) is 16.6 Å². The number of carbonyl (C=O) groups excluding carboxylic acids is 1. The lowest BCUT2D eigenvalue weighted by atomic mass is 9.88. The number of aryl methyl sites for hydroxylation is 1. The molecule has 0 saturated heterocycles. The second-order valence-corrected chi connectivity index (χ2v) is 11.2. The van der Waals surface area contributed by atoms with Crippen LogP contribution >= 0.6 is 15.9 Å². The average Bonchev–Trinajstić information content (AvgIpc) is 3.25. The van der Waals surface area contributed by atoms with Gasteiger partial charge < -0.3 is 14.0 Å². The highest BCUT2D eigenvalue weighted by atomic mass is 79.9. The lowest BCUT2D eigenvalue weighted by molar-refractivity contribution is -0.147. The number of ether oxygens (including phenoxy) is 2. The first-order valence-corrected chi connectivity index (χ1v) is 14.4. The highest BCUT2D eigenvalue weighted by Crippen LogP contribution is 2.32. The Bertz CT molecular complexity index is 1630. The normalized spacial score (nSPS) is 15.0. The Morgan fingerprint density at radius 1 is 1.10 bits per heavy atom. The van der Waals surface area contributed by atoms with Crippen LogP contribution in [0.4, 0.5) is 0 Å². The van der Waals surface area contributed by atoms with Gasteiger partial charge in [0.25, 0.3) is 5.56 Å². The SMILES string of the molecule is COC(=O)[C@H](C)Oc1ccc(-n2c(C)cc(C=Nn3c(C4CCCCC4)nc4ccc(Br)cc4c3=O)c2C)cc1. The summed E-state index contributed by atoms with van der Waals surface area (Å²) in [6.45, 7) is 5.71. The molecule has 0 N–H and O–H groups in total. The molecule has 8 nitrogen and oxygen atoms in total. The van der Waals surface area contributed by atoms with Gasteiger partial charge in [0.1, 0.15) is 11.6 Å². The van der Waals surface area contributed by atoms with Crippen molar-refractivity contribution in [2.24, 2.45) is 5.10 Å². The molecule has 1 fully saturated rings. The molecule has 2 aromatic heterocycles. The standard InChI is InChI=1S/C31H33BrN4O4/c1-19-16-23(20(2)35(19)25-11-13-26(14-12-25)40-21(3)31(38)39-4)18-33-36-29(22-8-6-5-7-9-22)34-28-15-10-24(32)17-27(28)30(36)37/h10-18,21-22H,5-9H2,1-4H3/t21-/m0/s1. The molecule has 0 amide bonds. The Morgan fingerprint density at radius 2 is 1.82 bits per heavy atom. The van der Waals surface area contributed by atoms with Crippen molar-refractivity contribution in [3.8, 4) is 11.4 Å². The quantitative estimate of drug-likeness (QED) is 0.179. The van der Waals surface area contributed by atoms with Gasteiger partial charge >= 0.3 is 5.97 Å². The van der Waals surface area contributed by atoms with Gasteiger partial charge in [-0.3, -0.25) is 4.79 Å². The third-order valence-corrected chi connectivity index (χ3v) is 8.02. The summed E-state index contributed by atoms with van der Waals surface area (Å²) in [4.78, 5) is 30.3. The van der Waals surface area contributed by atoms with Crippen molar-refractivity contribution in [3.05, 3.63) is 86.1 Å². The highest BCUT2D eigenvalue weighted by Gasteiger charge is 2.23. The van der Waals surface area contributed by atoms with E-state index >= 15 is 0 Å². The van der Waals surface area contributed by atoms with Crippen LogP contribution in [0.2, 0.25) is 0 Å². The fourth-order valence-electron chi connectivity index (χ4n) is 5.43. The van der Waals surface area contributed by atoms with E-state index in [0.717, 1.165) is 58.6 Å². The topological polar surface area (TPSA) is 87.7 Å². The van der Waals surface area contributed by atoms with E-state index in [9.17, 15) is 9.59 Å². The maximum atomic E-state index is 13.7. The van der Waals surface area contributed by atoms with E-state index in [1.54, 1.807) is 13.1 Å². The molecule has 5 rings (SSSR count). The summed E-state index contributed by atoms with van der Waals surface area (Å²) in [6, 6.07) is 15.2. The number of carbonyl (C=O) groups is 1. The fraction of sp³-hybridized carbons (Fsp3) is 0.355. The minimum absolute atomic E-state index is 0.159. The predicted octanol–water partition coefficient (Wildman–Crippen LogP) is 6.44. The zero-order chi connectivity index (χ0) is 28.4. The largest absolute Gasteiger partial charge is 0.479 e. The molecular weight excluding hydrogens is 572 g/mol. The molecule has 1 aliphatic rings. The van der Waals surface area contributed by atoms with E-state index in [4.69, 9.17) is 19.6 Å². The van der Waals surface area contributed by atoms with Crippen LogP contribution in [0, 0.1) is 13.8 Å². The minimum Gasteiger partial charge on any atom is -0.479 e. The van der Waals surface area contributed by atoms with Crippen molar-refractivity contribution in [2.75, 3.05) is 7.11 Å². The zero-order valence-electron chi connectivity index (χ0n) is 23.2. The van der Waals surface area contributed by atoms with Gasteiger partial charge in [-0.1, -0.05) is 35.2 Å². The molecule has 2 aromatic carbocycles. The number of hydrogen-bond donors (Lipinski definition) is 0.